The van der Waals surface area contributed by atoms with Crippen LogP contribution in [0.3, 0.4) is 0 Å². The molecule has 0 saturated heterocycles. The lowest BCUT2D eigenvalue weighted by atomic mass is 10.1. The first-order chi connectivity index (χ1) is 5.59. The highest BCUT2D eigenvalue weighted by molar-refractivity contribution is 5.37. The molecule has 0 saturated carbocycles. The molecule has 0 aliphatic heterocycles. The van der Waals surface area contributed by atoms with Crippen LogP contribution >= 0.6 is 0 Å². The Bertz CT molecular complexity index is 268. The van der Waals surface area contributed by atoms with E-state index in [2.05, 4.69) is 23.8 Å². The van der Waals surface area contributed by atoms with Crippen molar-refractivity contribution >= 4 is 5.82 Å². The highest BCUT2D eigenvalue weighted by atomic mass is 14.9. The molecule has 0 spiro atoms. The maximum absolute atomic E-state index is 5.72. The molecule has 1 rings (SSSR count). The van der Waals surface area contributed by atoms with E-state index in [1.807, 2.05) is 13.1 Å². The molecule has 1 aromatic rings. The first kappa shape index (κ1) is 8.97. The van der Waals surface area contributed by atoms with E-state index in [0.29, 0.717) is 11.7 Å². The minimum atomic E-state index is 0.596. The Morgan fingerprint density at radius 2 is 2.17 bits per heavy atom. The fourth-order valence-corrected chi connectivity index (χ4v) is 1.11. The van der Waals surface area contributed by atoms with Crippen molar-refractivity contribution in [3.05, 3.63) is 17.6 Å². The molecule has 0 aliphatic carbocycles. The van der Waals surface area contributed by atoms with Crippen molar-refractivity contribution in [2.24, 2.45) is 5.92 Å². The van der Waals surface area contributed by atoms with Crippen LogP contribution in [0.15, 0.2) is 6.20 Å². The molecule has 0 aromatic carbocycles. The Balaban J connectivity index is 2.86. The second-order valence-corrected chi connectivity index (χ2v) is 3.43. The zero-order chi connectivity index (χ0) is 9.14. The molecule has 0 bridgehead atoms. The van der Waals surface area contributed by atoms with Gasteiger partial charge in [-0.2, -0.15) is 0 Å². The van der Waals surface area contributed by atoms with Crippen molar-refractivity contribution in [2.75, 3.05) is 5.73 Å². The van der Waals surface area contributed by atoms with Gasteiger partial charge < -0.3 is 5.73 Å². The van der Waals surface area contributed by atoms with E-state index >= 15 is 0 Å². The van der Waals surface area contributed by atoms with Gasteiger partial charge in [0.2, 0.25) is 0 Å². The van der Waals surface area contributed by atoms with Crippen LogP contribution in [0, 0.1) is 12.8 Å². The summed E-state index contributed by atoms with van der Waals surface area (Å²) >= 11 is 0. The highest BCUT2D eigenvalue weighted by Crippen LogP contribution is 2.12. The molecule has 0 unspecified atom stereocenters. The minimum Gasteiger partial charge on any atom is -0.383 e. The van der Waals surface area contributed by atoms with Crippen LogP contribution in [0.2, 0.25) is 0 Å². The maximum atomic E-state index is 5.72. The van der Waals surface area contributed by atoms with Crippen LogP contribution in [-0.2, 0) is 6.42 Å². The molecular formula is C9H15N3. The van der Waals surface area contributed by atoms with Gasteiger partial charge in [0, 0.05) is 11.8 Å². The van der Waals surface area contributed by atoms with E-state index in [4.69, 9.17) is 5.73 Å². The standard InChI is InChI=1S/C9H15N3/c1-6(2)4-8-5-11-7(3)12-9(8)10/h5-6H,4H2,1-3H3,(H2,10,11,12). The van der Waals surface area contributed by atoms with E-state index in [1.54, 1.807) is 0 Å². The van der Waals surface area contributed by atoms with E-state index in [1.165, 1.54) is 0 Å². The van der Waals surface area contributed by atoms with Gasteiger partial charge in [-0.15, -0.1) is 0 Å². The molecule has 0 aliphatic rings. The van der Waals surface area contributed by atoms with Crippen molar-refractivity contribution in [1.29, 1.82) is 0 Å². The topological polar surface area (TPSA) is 51.8 Å². The van der Waals surface area contributed by atoms with Gasteiger partial charge in [-0.05, 0) is 19.3 Å². The Morgan fingerprint density at radius 3 is 2.67 bits per heavy atom. The maximum Gasteiger partial charge on any atom is 0.130 e. The number of hydrogen-bond donors (Lipinski definition) is 1. The normalized spacial score (nSPS) is 10.7. The number of anilines is 1. The molecule has 3 nitrogen and oxygen atoms in total. The zero-order valence-corrected chi connectivity index (χ0v) is 7.83. The quantitative estimate of drug-likeness (QED) is 0.723. The predicted molar refractivity (Wildman–Crippen MR) is 49.7 cm³/mol. The molecule has 0 atom stereocenters. The number of nitrogens with two attached hydrogens (primary N) is 1. The number of nitrogens with zero attached hydrogens (tertiary/aromatic N) is 2. The summed E-state index contributed by atoms with van der Waals surface area (Å²) in [6, 6.07) is 0. The summed E-state index contributed by atoms with van der Waals surface area (Å²) in [5.74, 6) is 1.95. The van der Waals surface area contributed by atoms with Crippen LogP contribution in [0.5, 0.6) is 0 Å². The van der Waals surface area contributed by atoms with Crippen LogP contribution in [0.25, 0.3) is 0 Å². The molecule has 3 heteroatoms. The summed E-state index contributed by atoms with van der Waals surface area (Å²) in [5, 5.41) is 0. The van der Waals surface area contributed by atoms with Crippen LogP contribution in [-0.4, -0.2) is 9.97 Å². The number of aryl methyl sites for hydroxylation is 1. The molecule has 2 N–H and O–H groups in total. The van der Waals surface area contributed by atoms with E-state index in [0.717, 1.165) is 17.8 Å². The summed E-state index contributed by atoms with van der Waals surface area (Å²) in [4.78, 5) is 8.20. The minimum absolute atomic E-state index is 0.596. The molecule has 1 heterocycles. The predicted octanol–water partition coefficient (Wildman–Crippen LogP) is 1.57. The Morgan fingerprint density at radius 1 is 1.50 bits per heavy atom. The van der Waals surface area contributed by atoms with Crippen LogP contribution < -0.4 is 5.73 Å². The fraction of sp³-hybridized carbons (Fsp3) is 0.556. The summed E-state index contributed by atoms with van der Waals surface area (Å²) in [6.07, 6.45) is 2.77. The van der Waals surface area contributed by atoms with Crippen molar-refractivity contribution in [3.8, 4) is 0 Å². The van der Waals surface area contributed by atoms with Gasteiger partial charge in [0.15, 0.2) is 0 Å². The Kier molecular flexibility index (Phi) is 2.63. The van der Waals surface area contributed by atoms with Gasteiger partial charge in [0.05, 0.1) is 0 Å². The van der Waals surface area contributed by atoms with Crippen LogP contribution in [0.4, 0.5) is 5.82 Å². The average Bonchev–Trinajstić information content (AvgIpc) is 1.94. The third kappa shape index (κ3) is 2.19. The summed E-state index contributed by atoms with van der Waals surface area (Å²) in [7, 11) is 0. The van der Waals surface area contributed by atoms with Crippen molar-refractivity contribution in [2.45, 2.75) is 27.2 Å². The van der Waals surface area contributed by atoms with Crippen LogP contribution in [0.1, 0.15) is 25.2 Å². The first-order valence-electron chi connectivity index (χ1n) is 4.17. The Hall–Kier alpha value is -1.12. The molecule has 1 aromatic heterocycles. The molecular weight excluding hydrogens is 150 g/mol. The van der Waals surface area contributed by atoms with Crippen molar-refractivity contribution in [1.82, 2.24) is 9.97 Å². The third-order valence-corrected chi connectivity index (χ3v) is 1.65. The monoisotopic (exact) mass is 165 g/mol. The van der Waals surface area contributed by atoms with E-state index in [9.17, 15) is 0 Å². The number of aromatic nitrogens is 2. The number of hydrogen-bond acceptors (Lipinski definition) is 3. The summed E-state index contributed by atoms with van der Waals surface area (Å²) in [6.45, 7) is 6.15. The van der Waals surface area contributed by atoms with Gasteiger partial charge in [-0.3, -0.25) is 0 Å². The van der Waals surface area contributed by atoms with Gasteiger partial charge in [-0.1, -0.05) is 13.8 Å². The van der Waals surface area contributed by atoms with Gasteiger partial charge in [-0.25, -0.2) is 9.97 Å². The highest BCUT2D eigenvalue weighted by Gasteiger charge is 2.03. The van der Waals surface area contributed by atoms with Gasteiger partial charge in [0.25, 0.3) is 0 Å². The second-order valence-electron chi connectivity index (χ2n) is 3.43. The van der Waals surface area contributed by atoms with E-state index < -0.39 is 0 Å². The Labute approximate surface area is 73.0 Å². The van der Waals surface area contributed by atoms with E-state index in [-0.39, 0.29) is 0 Å². The smallest absolute Gasteiger partial charge is 0.130 e. The first-order valence-corrected chi connectivity index (χ1v) is 4.17. The molecule has 66 valence electrons. The average molecular weight is 165 g/mol. The molecule has 0 radical (unpaired) electrons. The summed E-state index contributed by atoms with van der Waals surface area (Å²) in [5.41, 5.74) is 6.77. The largest absolute Gasteiger partial charge is 0.383 e. The van der Waals surface area contributed by atoms with Gasteiger partial charge >= 0.3 is 0 Å². The molecule has 0 fully saturated rings. The molecule has 0 amide bonds. The fourth-order valence-electron chi connectivity index (χ4n) is 1.11. The number of nitrogen functional groups attached to an aromatic ring is 1. The SMILES string of the molecule is Cc1ncc(CC(C)C)c(N)n1. The second kappa shape index (κ2) is 3.52. The van der Waals surface area contributed by atoms with Crippen molar-refractivity contribution < 1.29 is 0 Å². The zero-order valence-electron chi connectivity index (χ0n) is 7.83. The summed E-state index contributed by atoms with van der Waals surface area (Å²) < 4.78 is 0. The lowest BCUT2D eigenvalue weighted by Crippen LogP contribution is -2.04. The third-order valence-electron chi connectivity index (χ3n) is 1.65. The van der Waals surface area contributed by atoms with Gasteiger partial charge in [0.1, 0.15) is 11.6 Å². The lowest BCUT2D eigenvalue weighted by Gasteiger charge is -2.06. The van der Waals surface area contributed by atoms with Crippen molar-refractivity contribution in [3.63, 3.8) is 0 Å². The number of rotatable bonds is 2. The molecule has 12 heavy (non-hydrogen) atoms. The lowest BCUT2D eigenvalue weighted by molar-refractivity contribution is 0.644.